The lowest BCUT2D eigenvalue weighted by molar-refractivity contribution is 0.146. The Bertz CT molecular complexity index is 441. The lowest BCUT2D eigenvalue weighted by atomic mass is 10.2. The van der Waals surface area contributed by atoms with E-state index in [0.29, 0.717) is 6.54 Å². The maximum Gasteiger partial charge on any atom is 0.407 e. The fourth-order valence-corrected chi connectivity index (χ4v) is 2.28. The number of piperazine rings is 1. The Labute approximate surface area is 118 Å². The van der Waals surface area contributed by atoms with Crippen LogP contribution in [0.4, 0.5) is 10.5 Å². The fourth-order valence-electron chi connectivity index (χ4n) is 2.28. The molecule has 6 nitrogen and oxygen atoms in total. The molecule has 6 heteroatoms. The summed E-state index contributed by atoms with van der Waals surface area (Å²) in [4.78, 5) is 16.6. The third-order valence-electron chi connectivity index (χ3n) is 3.67. The fraction of sp³-hybridized carbons (Fsp3) is 0.500. The van der Waals surface area contributed by atoms with Crippen LogP contribution in [-0.2, 0) is 0 Å². The number of phenolic OH excluding ortho intramolecular Hbond substituents is 1. The Kier molecular flexibility index (Phi) is 4.68. The molecule has 0 aromatic heterocycles. The summed E-state index contributed by atoms with van der Waals surface area (Å²) >= 11 is 0. The van der Waals surface area contributed by atoms with E-state index in [4.69, 9.17) is 5.11 Å². The Morgan fingerprint density at radius 3 is 2.35 bits per heavy atom. The molecule has 2 rings (SSSR count). The van der Waals surface area contributed by atoms with E-state index in [1.807, 2.05) is 12.1 Å². The molecule has 110 valence electrons. The first-order valence-electron chi connectivity index (χ1n) is 6.76. The van der Waals surface area contributed by atoms with Gasteiger partial charge in [-0.3, -0.25) is 4.90 Å². The molecule has 1 heterocycles. The van der Waals surface area contributed by atoms with Crippen molar-refractivity contribution in [1.29, 1.82) is 0 Å². The van der Waals surface area contributed by atoms with E-state index in [2.05, 4.69) is 9.80 Å². The number of carboxylic acid groups (broad SMARTS) is 1. The van der Waals surface area contributed by atoms with Crippen molar-refractivity contribution in [2.75, 3.05) is 51.2 Å². The van der Waals surface area contributed by atoms with Gasteiger partial charge in [-0.15, -0.1) is 0 Å². The summed E-state index contributed by atoms with van der Waals surface area (Å²) in [5, 5.41) is 18.1. The third kappa shape index (κ3) is 3.77. The first-order chi connectivity index (χ1) is 9.56. The maximum atomic E-state index is 10.7. The summed E-state index contributed by atoms with van der Waals surface area (Å²) in [5.41, 5.74) is 1.12. The molecule has 0 radical (unpaired) electrons. The second-order valence-corrected chi connectivity index (χ2v) is 5.05. The number of carbonyl (C=O) groups is 1. The van der Waals surface area contributed by atoms with E-state index in [1.54, 1.807) is 19.2 Å². The molecule has 1 aliphatic rings. The molecule has 0 spiro atoms. The Morgan fingerprint density at radius 1 is 1.20 bits per heavy atom. The van der Waals surface area contributed by atoms with E-state index >= 15 is 0 Å². The minimum atomic E-state index is -0.882. The highest BCUT2D eigenvalue weighted by Crippen LogP contribution is 2.19. The Morgan fingerprint density at radius 2 is 1.80 bits per heavy atom. The first-order valence-corrected chi connectivity index (χ1v) is 6.76. The SMILES string of the molecule is CN(CCN1CCN(c2ccc(O)cc2)CC1)C(=O)O. The summed E-state index contributed by atoms with van der Waals surface area (Å²) in [6.45, 7) is 4.99. The largest absolute Gasteiger partial charge is 0.508 e. The van der Waals surface area contributed by atoms with Crippen LogP contribution in [-0.4, -0.2) is 72.4 Å². The van der Waals surface area contributed by atoms with Crippen LogP contribution in [0.1, 0.15) is 0 Å². The standard InChI is InChI=1S/C14H21N3O3/c1-15(14(19)20)6-7-16-8-10-17(11-9-16)12-2-4-13(18)5-3-12/h2-5,18H,6-11H2,1H3,(H,19,20). The van der Waals surface area contributed by atoms with Crippen LogP contribution in [0.15, 0.2) is 24.3 Å². The molecule has 1 aromatic rings. The summed E-state index contributed by atoms with van der Waals surface area (Å²) in [5.74, 6) is 0.282. The molecular formula is C14H21N3O3. The van der Waals surface area contributed by atoms with Gasteiger partial charge in [0.2, 0.25) is 0 Å². The summed E-state index contributed by atoms with van der Waals surface area (Å²) < 4.78 is 0. The van der Waals surface area contributed by atoms with Gasteiger partial charge in [0, 0.05) is 52.0 Å². The molecule has 2 N–H and O–H groups in total. The van der Waals surface area contributed by atoms with Crippen LogP contribution in [0.25, 0.3) is 0 Å². The van der Waals surface area contributed by atoms with E-state index in [1.165, 1.54) is 4.90 Å². The predicted octanol–water partition coefficient (Wildman–Crippen LogP) is 1.12. The second-order valence-electron chi connectivity index (χ2n) is 5.05. The lowest BCUT2D eigenvalue weighted by Crippen LogP contribution is -2.48. The van der Waals surface area contributed by atoms with Gasteiger partial charge < -0.3 is 20.0 Å². The average Bonchev–Trinajstić information content (AvgIpc) is 2.46. The molecule has 1 amide bonds. The molecule has 1 fully saturated rings. The number of hydrogen-bond donors (Lipinski definition) is 2. The number of aromatic hydroxyl groups is 1. The van der Waals surface area contributed by atoms with Gasteiger partial charge in [-0.25, -0.2) is 4.79 Å². The zero-order valence-electron chi connectivity index (χ0n) is 11.7. The van der Waals surface area contributed by atoms with Crippen LogP contribution in [0.3, 0.4) is 0 Å². The predicted molar refractivity (Wildman–Crippen MR) is 77.4 cm³/mol. The van der Waals surface area contributed by atoms with Crippen LogP contribution < -0.4 is 4.90 Å². The van der Waals surface area contributed by atoms with E-state index in [-0.39, 0.29) is 5.75 Å². The van der Waals surface area contributed by atoms with Gasteiger partial charge in [0.15, 0.2) is 0 Å². The topological polar surface area (TPSA) is 67.2 Å². The van der Waals surface area contributed by atoms with Gasteiger partial charge >= 0.3 is 6.09 Å². The van der Waals surface area contributed by atoms with Crippen LogP contribution in [0, 0.1) is 0 Å². The van der Waals surface area contributed by atoms with Gasteiger partial charge in [-0.05, 0) is 24.3 Å². The number of phenols is 1. The zero-order valence-corrected chi connectivity index (χ0v) is 11.7. The molecular weight excluding hydrogens is 258 g/mol. The highest BCUT2D eigenvalue weighted by atomic mass is 16.4. The van der Waals surface area contributed by atoms with Crippen molar-refractivity contribution in [2.24, 2.45) is 0 Å². The molecule has 0 bridgehead atoms. The summed E-state index contributed by atoms with van der Waals surface area (Å²) in [7, 11) is 1.59. The number of hydrogen-bond acceptors (Lipinski definition) is 4. The van der Waals surface area contributed by atoms with Crippen molar-refractivity contribution < 1.29 is 15.0 Å². The van der Waals surface area contributed by atoms with Gasteiger partial charge in [-0.2, -0.15) is 0 Å². The molecule has 0 atom stereocenters. The molecule has 20 heavy (non-hydrogen) atoms. The second kappa shape index (κ2) is 6.47. The maximum absolute atomic E-state index is 10.7. The van der Waals surface area contributed by atoms with Gasteiger partial charge in [-0.1, -0.05) is 0 Å². The van der Waals surface area contributed by atoms with Crippen molar-refractivity contribution in [1.82, 2.24) is 9.80 Å². The molecule has 0 unspecified atom stereocenters. The summed E-state index contributed by atoms with van der Waals surface area (Å²) in [6, 6.07) is 7.24. The van der Waals surface area contributed by atoms with Crippen LogP contribution in [0.5, 0.6) is 5.75 Å². The monoisotopic (exact) mass is 279 g/mol. The normalized spacial score (nSPS) is 16.1. The number of anilines is 1. The summed E-state index contributed by atoms with van der Waals surface area (Å²) in [6.07, 6.45) is -0.882. The number of rotatable bonds is 4. The minimum absolute atomic E-state index is 0.282. The highest BCUT2D eigenvalue weighted by Gasteiger charge is 2.17. The number of benzene rings is 1. The van der Waals surface area contributed by atoms with Gasteiger partial charge in [0.25, 0.3) is 0 Å². The van der Waals surface area contributed by atoms with E-state index in [9.17, 15) is 9.90 Å². The number of likely N-dealkylation sites (N-methyl/N-ethyl adjacent to an activating group) is 1. The highest BCUT2D eigenvalue weighted by molar-refractivity contribution is 5.64. The van der Waals surface area contributed by atoms with Crippen molar-refractivity contribution in [3.8, 4) is 5.75 Å². The smallest absolute Gasteiger partial charge is 0.407 e. The van der Waals surface area contributed by atoms with Crippen molar-refractivity contribution in [3.05, 3.63) is 24.3 Å². The Balaban J connectivity index is 1.77. The number of amides is 1. The Hall–Kier alpha value is -1.95. The van der Waals surface area contributed by atoms with Crippen molar-refractivity contribution in [2.45, 2.75) is 0 Å². The zero-order chi connectivity index (χ0) is 14.5. The third-order valence-corrected chi connectivity index (χ3v) is 3.67. The van der Waals surface area contributed by atoms with Crippen molar-refractivity contribution >= 4 is 11.8 Å². The first kappa shape index (κ1) is 14.5. The van der Waals surface area contributed by atoms with E-state index in [0.717, 1.165) is 38.4 Å². The molecule has 1 aromatic carbocycles. The number of nitrogens with zero attached hydrogens (tertiary/aromatic N) is 3. The van der Waals surface area contributed by atoms with E-state index < -0.39 is 6.09 Å². The lowest BCUT2D eigenvalue weighted by Gasteiger charge is -2.36. The quantitative estimate of drug-likeness (QED) is 0.864. The average molecular weight is 279 g/mol. The molecule has 0 saturated carbocycles. The molecule has 1 aliphatic heterocycles. The van der Waals surface area contributed by atoms with Crippen molar-refractivity contribution in [3.63, 3.8) is 0 Å². The van der Waals surface area contributed by atoms with Gasteiger partial charge in [0.05, 0.1) is 0 Å². The molecule has 1 saturated heterocycles. The molecule has 0 aliphatic carbocycles. The van der Waals surface area contributed by atoms with Gasteiger partial charge in [0.1, 0.15) is 5.75 Å². The van der Waals surface area contributed by atoms with Crippen LogP contribution in [0.2, 0.25) is 0 Å². The van der Waals surface area contributed by atoms with Crippen LogP contribution >= 0.6 is 0 Å². The minimum Gasteiger partial charge on any atom is -0.508 e.